The molecule has 0 amide bonds. The van der Waals surface area contributed by atoms with Crippen LogP contribution in [0.5, 0.6) is 5.88 Å². The summed E-state index contributed by atoms with van der Waals surface area (Å²) in [5.41, 5.74) is 7.10. The van der Waals surface area contributed by atoms with E-state index < -0.39 is 11.6 Å². The number of methoxy groups -OCH3 is 1. The van der Waals surface area contributed by atoms with E-state index in [-0.39, 0.29) is 0 Å². The Bertz CT molecular complexity index is 1280. The number of pyridine rings is 2. The zero-order chi connectivity index (χ0) is 22.3. The fourth-order valence-corrected chi connectivity index (χ4v) is 3.82. The van der Waals surface area contributed by atoms with Gasteiger partial charge in [-0.15, -0.1) is 0 Å². The third-order valence-corrected chi connectivity index (χ3v) is 5.48. The number of nitrogens with zero attached hydrogens (tertiary/aromatic N) is 3. The van der Waals surface area contributed by atoms with Crippen LogP contribution in [0.3, 0.4) is 0 Å². The highest BCUT2D eigenvalue weighted by Gasteiger charge is 2.17. The lowest BCUT2D eigenvalue weighted by Crippen LogP contribution is -2.02. The van der Waals surface area contributed by atoms with Crippen molar-refractivity contribution in [1.29, 1.82) is 0 Å². The van der Waals surface area contributed by atoms with Crippen molar-refractivity contribution in [3.63, 3.8) is 0 Å². The molecule has 3 heterocycles. The molecule has 0 unspecified atom stereocenters. The average Bonchev–Trinajstić information content (AvgIpc) is 3.03. The average molecular weight is 421 g/mol. The Labute approximate surface area is 180 Å². The zero-order valence-electron chi connectivity index (χ0n) is 18.3. The number of hydrogen-bond donors (Lipinski definition) is 0. The summed E-state index contributed by atoms with van der Waals surface area (Å²) in [5, 5.41) is 0. The first kappa shape index (κ1) is 21.0. The molecule has 1 aromatic carbocycles. The van der Waals surface area contributed by atoms with E-state index in [1.807, 2.05) is 36.7 Å². The molecule has 0 bridgehead atoms. The zero-order valence-corrected chi connectivity index (χ0v) is 18.3. The predicted octanol–water partition coefficient (Wildman–Crippen LogP) is 6.17. The number of fused-ring (bicyclic) bond motifs is 1. The summed E-state index contributed by atoms with van der Waals surface area (Å²) >= 11 is 0. The highest BCUT2D eigenvalue weighted by molar-refractivity contribution is 5.85. The molecule has 0 aliphatic carbocycles. The van der Waals surface area contributed by atoms with Crippen LogP contribution in [-0.2, 0) is 6.54 Å². The van der Waals surface area contributed by atoms with Crippen LogP contribution in [-0.4, -0.2) is 21.6 Å². The molecule has 160 valence electrons. The monoisotopic (exact) mass is 421 g/mol. The van der Waals surface area contributed by atoms with Crippen molar-refractivity contribution in [2.24, 2.45) is 0 Å². The lowest BCUT2D eigenvalue weighted by atomic mass is 10.0. The summed E-state index contributed by atoms with van der Waals surface area (Å²) in [7, 11) is 1.62. The summed E-state index contributed by atoms with van der Waals surface area (Å²) in [6.45, 7) is 8.61. The minimum Gasteiger partial charge on any atom is -0.480 e. The van der Waals surface area contributed by atoms with Gasteiger partial charge in [-0.1, -0.05) is 19.9 Å². The first-order valence-electron chi connectivity index (χ1n) is 10.2. The number of halogens is 2. The van der Waals surface area contributed by atoms with Crippen LogP contribution in [0.1, 0.15) is 42.1 Å². The van der Waals surface area contributed by atoms with E-state index in [0.29, 0.717) is 23.9 Å². The maximum atomic E-state index is 13.6. The Morgan fingerprint density at radius 1 is 0.968 bits per heavy atom. The molecule has 0 spiro atoms. The van der Waals surface area contributed by atoms with Crippen LogP contribution in [0.25, 0.3) is 22.3 Å². The number of benzene rings is 1. The predicted molar refractivity (Wildman–Crippen MR) is 119 cm³/mol. The van der Waals surface area contributed by atoms with E-state index in [1.54, 1.807) is 13.2 Å². The van der Waals surface area contributed by atoms with Crippen molar-refractivity contribution in [2.45, 2.75) is 40.2 Å². The molecule has 0 radical (unpaired) electrons. The SMILES string of the molecule is COc1nc(C(C)C)ccc1-c1nc2c(C)cn(Cc3ccc(F)c(F)c3)c2cc1C. The van der Waals surface area contributed by atoms with Crippen molar-refractivity contribution in [3.05, 3.63) is 76.6 Å². The normalized spacial score (nSPS) is 11.5. The summed E-state index contributed by atoms with van der Waals surface area (Å²) < 4.78 is 34.5. The molecule has 0 saturated carbocycles. The summed E-state index contributed by atoms with van der Waals surface area (Å²) in [6, 6.07) is 10.1. The van der Waals surface area contributed by atoms with E-state index in [1.165, 1.54) is 6.07 Å². The highest BCUT2D eigenvalue weighted by atomic mass is 19.2. The first-order valence-corrected chi connectivity index (χ1v) is 10.2. The van der Waals surface area contributed by atoms with Crippen LogP contribution in [0.4, 0.5) is 8.78 Å². The lowest BCUT2D eigenvalue weighted by molar-refractivity contribution is 0.397. The molecular formula is C25H25F2N3O. The summed E-state index contributed by atoms with van der Waals surface area (Å²) in [6.07, 6.45) is 1.99. The largest absolute Gasteiger partial charge is 0.480 e. The molecule has 6 heteroatoms. The van der Waals surface area contributed by atoms with Gasteiger partial charge in [-0.05, 0) is 66.8 Å². The molecule has 0 saturated heterocycles. The Balaban J connectivity index is 1.80. The molecule has 4 nitrogen and oxygen atoms in total. The molecule has 4 aromatic rings. The van der Waals surface area contributed by atoms with Gasteiger partial charge in [0, 0.05) is 18.4 Å². The molecule has 0 N–H and O–H groups in total. The Morgan fingerprint density at radius 3 is 2.42 bits per heavy atom. The van der Waals surface area contributed by atoms with Gasteiger partial charge >= 0.3 is 0 Å². The minimum atomic E-state index is -0.842. The van der Waals surface area contributed by atoms with Crippen LogP contribution in [0.15, 0.2) is 42.6 Å². The fourth-order valence-electron chi connectivity index (χ4n) is 3.82. The van der Waals surface area contributed by atoms with Crippen LogP contribution in [0, 0.1) is 25.5 Å². The molecule has 0 fully saturated rings. The molecule has 31 heavy (non-hydrogen) atoms. The standard InChI is InChI=1S/C25H25F2N3O/c1-14(2)21-9-7-18(25(28-21)31-5)23-15(3)10-22-24(29-23)16(4)12-30(22)13-17-6-8-19(26)20(27)11-17/h6-12,14H,13H2,1-5H3. The van der Waals surface area contributed by atoms with E-state index in [2.05, 4.69) is 24.9 Å². The number of aryl methyl sites for hydroxylation is 2. The molecule has 0 atom stereocenters. The lowest BCUT2D eigenvalue weighted by Gasteiger charge is -2.13. The highest BCUT2D eigenvalue weighted by Crippen LogP contribution is 2.33. The van der Waals surface area contributed by atoms with Crippen molar-refractivity contribution in [1.82, 2.24) is 14.5 Å². The molecule has 4 rings (SSSR count). The summed E-state index contributed by atoms with van der Waals surface area (Å²) in [5.74, 6) is -0.829. The van der Waals surface area contributed by atoms with E-state index in [9.17, 15) is 8.78 Å². The van der Waals surface area contributed by atoms with Gasteiger partial charge in [0.1, 0.15) is 0 Å². The second kappa shape index (κ2) is 8.10. The fraction of sp³-hybridized carbons (Fsp3) is 0.280. The van der Waals surface area contributed by atoms with Crippen LogP contribution in [0.2, 0.25) is 0 Å². The Hall–Kier alpha value is -3.28. The Morgan fingerprint density at radius 2 is 1.74 bits per heavy atom. The number of ether oxygens (including phenoxy) is 1. The van der Waals surface area contributed by atoms with Crippen LogP contribution >= 0.6 is 0 Å². The smallest absolute Gasteiger partial charge is 0.222 e. The summed E-state index contributed by atoms with van der Waals surface area (Å²) in [4.78, 5) is 9.60. The topological polar surface area (TPSA) is 39.9 Å². The first-order chi connectivity index (χ1) is 14.8. The van der Waals surface area contributed by atoms with Crippen molar-refractivity contribution < 1.29 is 13.5 Å². The van der Waals surface area contributed by atoms with E-state index >= 15 is 0 Å². The number of aromatic nitrogens is 3. The van der Waals surface area contributed by atoms with Gasteiger partial charge in [0.2, 0.25) is 5.88 Å². The molecule has 0 aliphatic heterocycles. The quantitative estimate of drug-likeness (QED) is 0.387. The Kier molecular flexibility index (Phi) is 5.48. The van der Waals surface area contributed by atoms with Crippen LogP contribution < -0.4 is 4.74 Å². The van der Waals surface area contributed by atoms with Gasteiger partial charge in [0.25, 0.3) is 0 Å². The molecule has 0 aliphatic rings. The minimum absolute atomic E-state index is 0.298. The second-order valence-electron chi connectivity index (χ2n) is 8.16. The van der Waals surface area contributed by atoms with Gasteiger partial charge in [-0.25, -0.2) is 18.7 Å². The van der Waals surface area contributed by atoms with E-state index in [4.69, 9.17) is 9.72 Å². The van der Waals surface area contributed by atoms with E-state index in [0.717, 1.165) is 45.2 Å². The second-order valence-corrected chi connectivity index (χ2v) is 8.16. The van der Waals surface area contributed by atoms with Crippen molar-refractivity contribution >= 4 is 11.0 Å². The van der Waals surface area contributed by atoms with Gasteiger partial charge in [-0.3, -0.25) is 0 Å². The third-order valence-electron chi connectivity index (χ3n) is 5.48. The van der Waals surface area contributed by atoms with Crippen molar-refractivity contribution in [2.75, 3.05) is 7.11 Å². The number of rotatable bonds is 5. The van der Waals surface area contributed by atoms with Crippen molar-refractivity contribution in [3.8, 4) is 17.1 Å². The van der Waals surface area contributed by atoms with Gasteiger partial charge < -0.3 is 9.30 Å². The van der Waals surface area contributed by atoms with Gasteiger partial charge in [-0.2, -0.15) is 0 Å². The maximum absolute atomic E-state index is 13.6. The molecule has 3 aromatic heterocycles. The third kappa shape index (κ3) is 3.90. The molecular weight excluding hydrogens is 396 g/mol. The van der Waals surface area contributed by atoms with Gasteiger partial charge in [0.05, 0.1) is 29.4 Å². The van der Waals surface area contributed by atoms with Gasteiger partial charge in [0.15, 0.2) is 11.6 Å². The number of hydrogen-bond acceptors (Lipinski definition) is 3. The maximum Gasteiger partial charge on any atom is 0.222 e.